The van der Waals surface area contributed by atoms with Gasteiger partial charge in [-0.2, -0.15) is 0 Å². The molecule has 3 N–H and O–H groups in total. The molecule has 0 saturated carbocycles. The number of hydrazine groups is 1. The smallest absolute Gasteiger partial charge is 0.158 e. The monoisotopic (exact) mass is 251 g/mol. The molecule has 1 aliphatic heterocycles. The molecule has 1 aliphatic rings. The van der Waals surface area contributed by atoms with Gasteiger partial charge in [0, 0.05) is 26.3 Å². The van der Waals surface area contributed by atoms with E-state index in [0.29, 0.717) is 18.2 Å². The molecule has 1 aromatic rings. The normalized spacial score (nSPS) is 16.4. The second-order valence-electron chi connectivity index (χ2n) is 4.51. The summed E-state index contributed by atoms with van der Waals surface area (Å²) in [6.45, 7) is 2.50. The van der Waals surface area contributed by atoms with E-state index in [-0.39, 0.29) is 0 Å². The fourth-order valence-corrected chi connectivity index (χ4v) is 2.21. The number of rotatable bonds is 4. The molecule has 2 heterocycles. The lowest BCUT2D eigenvalue weighted by atomic mass is 10.2. The standard InChI is InChI=1S/C12H21N5O/c1-18-9-11-14-10(16-13)8-12(15-11)17-6-4-2-3-5-7-17/h8H,2-7,9,13H2,1H3,(H,14,15,16). The summed E-state index contributed by atoms with van der Waals surface area (Å²) in [5, 5.41) is 0. The minimum Gasteiger partial charge on any atom is -0.377 e. The van der Waals surface area contributed by atoms with Gasteiger partial charge < -0.3 is 15.1 Å². The van der Waals surface area contributed by atoms with Crippen molar-refractivity contribution in [1.82, 2.24) is 9.97 Å². The Bertz CT molecular complexity index is 377. The van der Waals surface area contributed by atoms with Crippen molar-refractivity contribution in [3.8, 4) is 0 Å². The molecule has 6 heteroatoms. The first kappa shape index (κ1) is 13.0. The Labute approximate surface area is 108 Å². The van der Waals surface area contributed by atoms with Gasteiger partial charge in [0.2, 0.25) is 0 Å². The fraction of sp³-hybridized carbons (Fsp3) is 0.667. The molecule has 6 nitrogen and oxygen atoms in total. The quantitative estimate of drug-likeness (QED) is 0.620. The number of nitrogen functional groups attached to an aromatic ring is 1. The summed E-state index contributed by atoms with van der Waals surface area (Å²) < 4.78 is 5.08. The van der Waals surface area contributed by atoms with E-state index in [1.165, 1.54) is 25.7 Å². The van der Waals surface area contributed by atoms with Crippen LogP contribution in [0.3, 0.4) is 0 Å². The molecule has 0 aliphatic carbocycles. The summed E-state index contributed by atoms with van der Waals surface area (Å²) in [7, 11) is 1.64. The number of nitrogens with two attached hydrogens (primary N) is 1. The molecule has 1 aromatic heterocycles. The molecule has 100 valence electrons. The van der Waals surface area contributed by atoms with Crippen LogP contribution in [0.1, 0.15) is 31.5 Å². The summed E-state index contributed by atoms with van der Waals surface area (Å²) >= 11 is 0. The largest absolute Gasteiger partial charge is 0.377 e. The van der Waals surface area contributed by atoms with Gasteiger partial charge in [-0.15, -0.1) is 0 Å². The number of methoxy groups -OCH3 is 1. The average molecular weight is 251 g/mol. The minimum absolute atomic E-state index is 0.399. The maximum atomic E-state index is 5.44. The van der Waals surface area contributed by atoms with E-state index in [9.17, 15) is 0 Å². The van der Waals surface area contributed by atoms with Crippen LogP contribution in [0.25, 0.3) is 0 Å². The Morgan fingerprint density at radius 1 is 1.28 bits per heavy atom. The van der Waals surface area contributed by atoms with E-state index >= 15 is 0 Å². The van der Waals surface area contributed by atoms with Crippen LogP contribution in [0.2, 0.25) is 0 Å². The molecule has 0 radical (unpaired) electrons. The second-order valence-corrected chi connectivity index (χ2v) is 4.51. The highest BCUT2D eigenvalue weighted by molar-refractivity contribution is 5.48. The molecule has 0 atom stereocenters. The van der Waals surface area contributed by atoms with Crippen LogP contribution >= 0.6 is 0 Å². The first-order valence-corrected chi connectivity index (χ1v) is 6.42. The number of hydrogen-bond donors (Lipinski definition) is 2. The third-order valence-electron chi connectivity index (χ3n) is 3.11. The van der Waals surface area contributed by atoms with Crippen LogP contribution in [-0.4, -0.2) is 30.2 Å². The lowest BCUT2D eigenvalue weighted by Gasteiger charge is -2.22. The van der Waals surface area contributed by atoms with Gasteiger partial charge in [0.25, 0.3) is 0 Å². The second kappa shape index (κ2) is 6.51. The highest BCUT2D eigenvalue weighted by Gasteiger charge is 2.13. The van der Waals surface area contributed by atoms with Crippen LogP contribution in [0.5, 0.6) is 0 Å². The predicted octanol–water partition coefficient (Wildman–Crippen LogP) is 1.29. The third-order valence-corrected chi connectivity index (χ3v) is 3.11. The average Bonchev–Trinajstić information content (AvgIpc) is 2.67. The van der Waals surface area contributed by atoms with Crippen LogP contribution < -0.4 is 16.2 Å². The van der Waals surface area contributed by atoms with Crippen molar-refractivity contribution in [1.29, 1.82) is 0 Å². The Balaban J connectivity index is 2.21. The van der Waals surface area contributed by atoms with E-state index in [0.717, 1.165) is 18.9 Å². The minimum atomic E-state index is 0.399. The van der Waals surface area contributed by atoms with Gasteiger partial charge in [0.15, 0.2) is 5.82 Å². The lowest BCUT2D eigenvalue weighted by molar-refractivity contribution is 0.178. The van der Waals surface area contributed by atoms with Crippen LogP contribution in [-0.2, 0) is 11.3 Å². The zero-order valence-corrected chi connectivity index (χ0v) is 10.9. The fourth-order valence-electron chi connectivity index (χ4n) is 2.21. The number of anilines is 2. The lowest BCUT2D eigenvalue weighted by Crippen LogP contribution is -2.26. The molecule has 18 heavy (non-hydrogen) atoms. The highest BCUT2D eigenvalue weighted by atomic mass is 16.5. The van der Waals surface area contributed by atoms with Crippen LogP contribution in [0.4, 0.5) is 11.6 Å². The summed E-state index contributed by atoms with van der Waals surface area (Å²) in [4.78, 5) is 11.1. The van der Waals surface area contributed by atoms with Gasteiger partial charge in [-0.3, -0.25) is 0 Å². The van der Waals surface area contributed by atoms with Crippen molar-refractivity contribution < 1.29 is 4.74 Å². The Kier molecular flexibility index (Phi) is 4.72. The van der Waals surface area contributed by atoms with E-state index in [1.807, 2.05) is 6.07 Å². The molecule has 1 saturated heterocycles. The van der Waals surface area contributed by atoms with E-state index in [4.69, 9.17) is 10.6 Å². The predicted molar refractivity (Wildman–Crippen MR) is 71.2 cm³/mol. The molecule has 2 rings (SSSR count). The summed E-state index contributed by atoms with van der Waals surface area (Å²) in [6.07, 6.45) is 5.03. The van der Waals surface area contributed by atoms with Gasteiger partial charge in [-0.25, -0.2) is 15.8 Å². The Morgan fingerprint density at radius 2 is 2.00 bits per heavy atom. The first-order valence-electron chi connectivity index (χ1n) is 6.42. The molecular weight excluding hydrogens is 230 g/mol. The summed E-state index contributed by atoms with van der Waals surface area (Å²) in [6, 6.07) is 1.89. The van der Waals surface area contributed by atoms with E-state index in [1.54, 1.807) is 7.11 Å². The summed E-state index contributed by atoms with van der Waals surface area (Å²) in [5.74, 6) is 7.68. The Hall–Kier alpha value is -1.40. The number of nitrogens with one attached hydrogen (secondary N) is 1. The van der Waals surface area contributed by atoms with Gasteiger partial charge in [0.1, 0.15) is 18.2 Å². The molecule has 0 unspecified atom stereocenters. The molecule has 0 aromatic carbocycles. The number of nitrogens with zero attached hydrogens (tertiary/aromatic N) is 3. The highest BCUT2D eigenvalue weighted by Crippen LogP contribution is 2.20. The van der Waals surface area contributed by atoms with Crippen LogP contribution in [0.15, 0.2) is 6.07 Å². The molecule has 0 spiro atoms. The van der Waals surface area contributed by atoms with Crippen molar-refractivity contribution in [2.24, 2.45) is 5.84 Å². The van der Waals surface area contributed by atoms with Crippen molar-refractivity contribution in [2.45, 2.75) is 32.3 Å². The van der Waals surface area contributed by atoms with Gasteiger partial charge in [-0.05, 0) is 12.8 Å². The van der Waals surface area contributed by atoms with Crippen LogP contribution in [0, 0.1) is 0 Å². The zero-order chi connectivity index (χ0) is 12.8. The first-order chi connectivity index (χ1) is 8.83. The zero-order valence-electron chi connectivity index (χ0n) is 10.9. The van der Waals surface area contributed by atoms with Crippen molar-refractivity contribution >= 4 is 11.6 Å². The number of aromatic nitrogens is 2. The topological polar surface area (TPSA) is 76.3 Å². The molecule has 0 amide bonds. The SMILES string of the molecule is COCc1nc(NN)cc(N2CCCCCC2)n1. The Morgan fingerprint density at radius 3 is 2.61 bits per heavy atom. The van der Waals surface area contributed by atoms with Gasteiger partial charge >= 0.3 is 0 Å². The third kappa shape index (κ3) is 3.30. The maximum absolute atomic E-state index is 5.44. The van der Waals surface area contributed by atoms with Crippen molar-refractivity contribution in [2.75, 3.05) is 30.5 Å². The van der Waals surface area contributed by atoms with E-state index in [2.05, 4.69) is 20.3 Å². The van der Waals surface area contributed by atoms with Gasteiger partial charge in [-0.1, -0.05) is 12.8 Å². The molecule has 1 fully saturated rings. The van der Waals surface area contributed by atoms with Crippen molar-refractivity contribution in [3.05, 3.63) is 11.9 Å². The van der Waals surface area contributed by atoms with Crippen molar-refractivity contribution in [3.63, 3.8) is 0 Å². The summed E-state index contributed by atoms with van der Waals surface area (Å²) in [5.41, 5.74) is 2.59. The van der Waals surface area contributed by atoms with Gasteiger partial charge in [0.05, 0.1) is 0 Å². The number of ether oxygens (including phenoxy) is 1. The molecular formula is C12H21N5O. The maximum Gasteiger partial charge on any atom is 0.158 e. The molecule has 0 bridgehead atoms. The van der Waals surface area contributed by atoms with E-state index < -0.39 is 0 Å². The number of hydrogen-bond acceptors (Lipinski definition) is 6.